The van der Waals surface area contributed by atoms with Crippen LogP contribution in [0.4, 0.5) is 24.5 Å². The Kier molecular flexibility index (Phi) is 4.07. The van der Waals surface area contributed by atoms with Crippen molar-refractivity contribution < 1.29 is 22.3 Å². The van der Waals surface area contributed by atoms with Crippen LogP contribution >= 0.6 is 0 Å². The Balaban J connectivity index is 2.22. The molecular weight excluding hydrogens is 273 g/mol. The van der Waals surface area contributed by atoms with Crippen LogP contribution in [0.5, 0.6) is 5.75 Å². The molecule has 1 unspecified atom stereocenters. The lowest BCUT2D eigenvalue weighted by Gasteiger charge is -2.16. The van der Waals surface area contributed by atoms with Gasteiger partial charge < -0.3 is 20.2 Å². The minimum Gasteiger partial charge on any atom is -0.467 e. The molecule has 0 aliphatic rings. The lowest BCUT2D eigenvalue weighted by atomic mass is 10.2. The van der Waals surface area contributed by atoms with Crippen molar-refractivity contribution in [1.82, 2.24) is 0 Å². The predicted molar refractivity (Wildman–Crippen MR) is 68.2 cm³/mol. The maximum atomic E-state index is 13.4. The summed E-state index contributed by atoms with van der Waals surface area (Å²) < 4.78 is 47.0. The van der Waals surface area contributed by atoms with Gasteiger partial charge in [0, 0.05) is 12.1 Å². The van der Waals surface area contributed by atoms with E-state index in [9.17, 15) is 13.2 Å². The Morgan fingerprint density at radius 1 is 1.35 bits per heavy atom. The van der Waals surface area contributed by atoms with Crippen molar-refractivity contribution in [3.8, 4) is 5.75 Å². The third-order valence-electron chi connectivity index (χ3n) is 2.66. The Bertz CT molecular complexity index is 573. The van der Waals surface area contributed by atoms with Gasteiger partial charge in [-0.25, -0.2) is 4.39 Å². The van der Waals surface area contributed by atoms with Gasteiger partial charge in [-0.1, -0.05) is 0 Å². The van der Waals surface area contributed by atoms with Gasteiger partial charge >= 0.3 is 6.61 Å². The molecule has 2 aromatic rings. The number of nitrogens with one attached hydrogen (secondary N) is 1. The average molecular weight is 286 g/mol. The maximum Gasteiger partial charge on any atom is 0.387 e. The molecule has 0 amide bonds. The van der Waals surface area contributed by atoms with Crippen molar-refractivity contribution in [3.63, 3.8) is 0 Å². The molecule has 2 rings (SSSR count). The highest BCUT2D eigenvalue weighted by Gasteiger charge is 2.15. The Morgan fingerprint density at radius 3 is 2.70 bits per heavy atom. The van der Waals surface area contributed by atoms with Gasteiger partial charge in [-0.15, -0.1) is 0 Å². The van der Waals surface area contributed by atoms with Crippen LogP contribution in [0.2, 0.25) is 0 Å². The number of hydrogen-bond donors (Lipinski definition) is 2. The summed E-state index contributed by atoms with van der Waals surface area (Å²) in [5.74, 6) is -0.882. The zero-order valence-corrected chi connectivity index (χ0v) is 10.6. The van der Waals surface area contributed by atoms with E-state index in [0.717, 1.165) is 12.1 Å². The highest BCUT2D eigenvalue weighted by molar-refractivity contribution is 5.69. The zero-order valence-electron chi connectivity index (χ0n) is 10.6. The fourth-order valence-electron chi connectivity index (χ4n) is 1.72. The zero-order chi connectivity index (χ0) is 14.7. The molecule has 7 heteroatoms. The fraction of sp³-hybridized carbons (Fsp3) is 0.231. The van der Waals surface area contributed by atoms with Gasteiger partial charge in [0.2, 0.25) is 0 Å². The van der Waals surface area contributed by atoms with E-state index in [1.54, 1.807) is 19.1 Å². The number of nitrogen functional groups attached to an aromatic ring is 1. The van der Waals surface area contributed by atoms with Gasteiger partial charge in [-0.3, -0.25) is 0 Å². The van der Waals surface area contributed by atoms with Gasteiger partial charge in [-0.05, 0) is 19.1 Å². The summed E-state index contributed by atoms with van der Waals surface area (Å²) in [6.45, 7) is -1.32. The molecule has 0 aliphatic carbocycles. The molecule has 3 N–H and O–H groups in total. The molecule has 0 saturated carbocycles. The molecule has 108 valence electrons. The van der Waals surface area contributed by atoms with Crippen LogP contribution in [-0.2, 0) is 0 Å². The quantitative estimate of drug-likeness (QED) is 0.821. The summed E-state index contributed by atoms with van der Waals surface area (Å²) in [6, 6.07) is 5.21. The number of ether oxygens (including phenoxy) is 1. The van der Waals surface area contributed by atoms with Crippen LogP contribution in [0, 0.1) is 5.82 Å². The number of rotatable bonds is 5. The number of benzene rings is 1. The van der Waals surface area contributed by atoms with Crippen LogP contribution in [0.3, 0.4) is 0 Å². The Morgan fingerprint density at radius 2 is 2.10 bits per heavy atom. The SMILES string of the molecule is CC(Nc1cc(OC(F)F)c(F)cc1N)c1ccco1. The van der Waals surface area contributed by atoms with E-state index in [1.807, 2.05) is 0 Å². The minimum atomic E-state index is -3.11. The molecular formula is C13H13F3N2O2. The van der Waals surface area contributed by atoms with Crippen LogP contribution < -0.4 is 15.8 Å². The van der Waals surface area contributed by atoms with Crippen molar-refractivity contribution in [3.05, 3.63) is 42.1 Å². The summed E-state index contributed by atoms with van der Waals surface area (Å²) in [4.78, 5) is 0. The van der Waals surface area contributed by atoms with E-state index in [2.05, 4.69) is 10.1 Å². The van der Waals surface area contributed by atoms with Crippen molar-refractivity contribution in [2.45, 2.75) is 19.6 Å². The van der Waals surface area contributed by atoms with Crippen molar-refractivity contribution in [1.29, 1.82) is 0 Å². The standard InChI is InChI=1S/C13H13F3N2O2/c1-7(11-3-2-4-19-11)18-10-6-12(20-13(15)16)8(14)5-9(10)17/h2-7,13,18H,17H2,1H3. The molecule has 1 aromatic heterocycles. The number of alkyl halides is 2. The van der Waals surface area contributed by atoms with Gasteiger partial charge in [-0.2, -0.15) is 8.78 Å². The molecule has 0 bridgehead atoms. The summed E-state index contributed by atoms with van der Waals surface area (Å²) in [6.07, 6.45) is 1.51. The number of halogens is 3. The number of furan rings is 1. The van der Waals surface area contributed by atoms with Gasteiger partial charge in [0.15, 0.2) is 11.6 Å². The molecule has 0 saturated heterocycles. The normalized spacial score (nSPS) is 12.4. The molecule has 1 aromatic carbocycles. The van der Waals surface area contributed by atoms with Crippen molar-refractivity contribution in [2.75, 3.05) is 11.1 Å². The van der Waals surface area contributed by atoms with Gasteiger partial charge in [0.05, 0.1) is 23.7 Å². The smallest absolute Gasteiger partial charge is 0.387 e. The van der Waals surface area contributed by atoms with Crippen molar-refractivity contribution >= 4 is 11.4 Å². The first-order chi connectivity index (χ1) is 9.47. The second-order valence-electron chi connectivity index (χ2n) is 4.13. The highest BCUT2D eigenvalue weighted by Crippen LogP contribution is 2.31. The highest BCUT2D eigenvalue weighted by atomic mass is 19.3. The second kappa shape index (κ2) is 5.77. The first kappa shape index (κ1) is 14.1. The maximum absolute atomic E-state index is 13.4. The van der Waals surface area contributed by atoms with Crippen LogP contribution in [-0.4, -0.2) is 6.61 Å². The van der Waals surface area contributed by atoms with E-state index in [0.29, 0.717) is 5.76 Å². The average Bonchev–Trinajstić information content (AvgIpc) is 2.88. The monoisotopic (exact) mass is 286 g/mol. The molecule has 0 radical (unpaired) electrons. The lowest BCUT2D eigenvalue weighted by molar-refractivity contribution is -0.0521. The third kappa shape index (κ3) is 3.17. The van der Waals surface area contributed by atoms with Gasteiger partial charge in [0.25, 0.3) is 0 Å². The lowest BCUT2D eigenvalue weighted by Crippen LogP contribution is -2.10. The van der Waals surface area contributed by atoms with Crippen LogP contribution in [0.1, 0.15) is 18.7 Å². The number of hydrogen-bond acceptors (Lipinski definition) is 4. The van der Waals surface area contributed by atoms with E-state index in [-0.39, 0.29) is 17.4 Å². The summed E-state index contributed by atoms with van der Waals surface area (Å²) in [7, 11) is 0. The molecule has 0 fully saturated rings. The van der Waals surface area contributed by atoms with E-state index in [4.69, 9.17) is 10.2 Å². The predicted octanol–water partition coefficient (Wildman–Crippen LogP) is 3.78. The van der Waals surface area contributed by atoms with E-state index < -0.39 is 18.2 Å². The van der Waals surface area contributed by atoms with E-state index in [1.165, 1.54) is 6.26 Å². The molecule has 0 spiro atoms. The first-order valence-corrected chi connectivity index (χ1v) is 5.81. The molecule has 1 atom stereocenters. The minimum absolute atomic E-state index is 0.0857. The molecule has 1 heterocycles. The fourth-order valence-corrected chi connectivity index (χ4v) is 1.72. The van der Waals surface area contributed by atoms with Crippen LogP contribution in [0.15, 0.2) is 34.9 Å². The largest absolute Gasteiger partial charge is 0.467 e. The summed E-state index contributed by atoms with van der Waals surface area (Å²) in [5, 5.41) is 2.94. The second-order valence-corrected chi connectivity index (χ2v) is 4.13. The summed E-state index contributed by atoms with van der Waals surface area (Å²) in [5.41, 5.74) is 6.02. The topological polar surface area (TPSA) is 60.4 Å². The number of nitrogens with two attached hydrogens (primary N) is 1. The first-order valence-electron chi connectivity index (χ1n) is 5.81. The van der Waals surface area contributed by atoms with Crippen molar-refractivity contribution in [2.24, 2.45) is 0 Å². The number of anilines is 2. The van der Waals surface area contributed by atoms with Gasteiger partial charge in [0.1, 0.15) is 5.76 Å². The Labute approximate surface area is 113 Å². The van der Waals surface area contributed by atoms with E-state index >= 15 is 0 Å². The Hall–Kier alpha value is -2.31. The third-order valence-corrected chi connectivity index (χ3v) is 2.66. The molecule has 20 heavy (non-hydrogen) atoms. The molecule has 4 nitrogen and oxygen atoms in total. The molecule has 0 aliphatic heterocycles. The van der Waals surface area contributed by atoms with Crippen LogP contribution in [0.25, 0.3) is 0 Å². The summed E-state index contributed by atoms with van der Waals surface area (Å²) >= 11 is 0.